The highest BCUT2D eigenvalue weighted by Crippen LogP contribution is 2.12. The Morgan fingerprint density at radius 1 is 1.33 bits per heavy atom. The van der Waals surface area contributed by atoms with Crippen LogP contribution in [0.15, 0.2) is 12.4 Å². The van der Waals surface area contributed by atoms with Crippen LogP contribution >= 0.6 is 0 Å². The average Bonchev–Trinajstić information content (AvgIpc) is 2.56. The van der Waals surface area contributed by atoms with Gasteiger partial charge in [0.15, 0.2) is 0 Å². The first-order valence-electron chi connectivity index (χ1n) is 4.00. The summed E-state index contributed by atoms with van der Waals surface area (Å²) in [5, 5.41) is 21.5. The molecule has 2 N–H and O–H groups in total. The van der Waals surface area contributed by atoms with Gasteiger partial charge in [0.25, 0.3) is 0 Å². The zero-order chi connectivity index (χ0) is 8.81. The number of aliphatic hydroxyl groups excluding tert-OH is 2. The normalized spacial score (nSPS) is 10.9. The molecule has 12 heavy (non-hydrogen) atoms. The van der Waals surface area contributed by atoms with Gasteiger partial charge in [-0.15, -0.1) is 0 Å². The number of hydrogen-bond acceptors (Lipinski definition) is 3. The molecule has 0 aliphatic rings. The first-order chi connectivity index (χ1) is 5.88. The lowest BCUT2D eigenvalue weighted by molar-refractivity contribution is 0.210. The summed E-state index contributed by atoms with van der Waals surface area (Å²) in [7, 11) is 0. The second kappa shape index (κ2) is 4.90. The highest BCUT2D eigenvalue weighted by molar-refractivity contribution is 4.79. The molecule has 0 fully saturated rings. The van der Waals surface area contributed by atoms with Gasteiger partial charge in [-0.2, -0.15) is 5.10 Å². The van der Waals surface area contributed by atoms with Crippen molar-refractivity contribution >= 4 is 0 Å². The third-order valence-corrected chi connectivity index (χ3v) is 1.77. The minimum absolute atomic E-state index is 0.0891. The predicted molar refractivity (Wildman–Crippen MR) is 43.5 cm³/mol. The lowest BCUT2D eigenvalue weighted by atomic mass is 10.1. The smallest absolute Gasteiger partial charge is 0.0569 e. The van der Waals surface area contributed by atoms with Crippen molar-refractivity contribution < 1.29 is 10.2 Å². The van der Waals surface area contributed by atoms with E-state index in [4.69, 9.17) is 10.2 Å². The second-order valence-corrected chi connectivity index (χ2v) is 2.60. The molecular formula is C8H13N2O2. The first kappa shape index (κ1) is 9.22. The van der Waals surface area contributed by atoms with Gasteiger partial charge in [-0.25, -0.2) is 0 Å². The highest BCUT2D eigenvalue weighted by atomic mass is 16.3. The van der Waals surface area contributed by atoms with Gasteiger partial charge in [-0.05, 0) is 12.8 Å². The Morgan fingerprint density at radius 3 is 2.42 bits per heavy atom. The molecule has 4 nitrogen and oxygen atoms in total. The lowest BCUT2D eigenvalue weighted by Crippen LogP contribution is -2.12. The molecule has 0 spiro atoms. The number of rotatable bonds is 5. The predicted octanol–water partition coefficient (Wildman–Crippen LogP) is -0.0108. The van der Waals surface area contributed by atoms with Crippen LogP contribution in [0, 0.1) is 6.07 Å². The van der Waals surface area contributed by atoms with E-state index in [0.717, 1.165) is 0 Å². The number of aromatic nitrogens is 2. The number of nitrogens with zero attached hydrogens (tertiary/aromatic N) is 2. The van der Waals surface area contributed by atoms with E-state index >= 15 is 0 Å². The Bertz CT molecular complexity index is 193. The summed E-state index contributed by atoms with van der Waals surface area (Å²) in [6, 6.07) is 2.90. The van der Waals surface area contributed by atoms with E-state index < -0.39 is 0 Å². The summed E-state index contributed by atoms with van der Waals surface area (Å²) in [6.45, 7) is 0.231. The van der Waals surface area contributed by atoms with Crippen LogP contribution in [0.3, 0.4) is 0 Å². The van der Waals surface area contributed by atoms with E-state index in [-0.39, 0.29) is 19.3 Å². The number of aliphatic hydroxyl groups is 2. The minimum Gasteiger partial charge on any atom is -0.396 e. The SMILES string of the molecule is OCCC(CCO)n1c[c]cn1. The number of hydrogen-bond donors (Lipinski definition) is 2. The van der Waals surface area contributed by atoms with Crippen molar-refractivity contribution in [2.75, 3.05) is 13.2 Å². The molecule has 0 unspecified atom stereocenters. The van der Waals surface area contributed by atoms with Gasteiger partial charge in [0.05, 0.1) is 12.2 Å². The first-order valence-corrected chi connectivity index (χ1v) is 4.00. The van der Waals surface area contributed by atoms with E-state index in [2.05, 4.69) is 11.2 Å². The Labute approximate surface area is 71.5 Å². The summed E-state index contributed by atoms with van der Waals surface area (Å²) < 4.78 is 1.71. The maximum Gasteiger partial charge on any atom is 0.0569 e. The molecule has 0 bridgehead atoms. The van der Waals surface area contributed by atoms with E-state index in [1.807, 2.05) is 0 Å². The van der Waals surface area contributed by atoms with Gasteiger partial charge < -0.3 is 10.2 Å². The molecule has 0 saturated heterocycles. The van der Waals surface area contributed by atoms with Crippen LogP contribution in [0.2, 0.25) is 0 Å². The fourth-order valence-electron chi connectivity index (χ4n) is 1.15. The van der Waals surface area contributed by atoms with Crippen LogP contribution in [-0.2, 0) is 0 Å². The molecule has 4 heteroatoms. The minimum atomic E-state index is 0.0891. The molecule has 0 aliphatic carbocycles. The van der Waals surface area contributed by atoms with Gasteiger partial charge >= 0.3 is 0 Å². The van der Waals surface area contributed by atoms with Crippen molar-refractivity contribution in [2.24, 2.45) is 0 Å². The summed E-state index contributed by atoms with van der Waals surface area (Å²) in [6.07, 6.45) is 4.53. The van der Waals surface area contributed by atoms with Crippen molar-refractivity contribution in [3.05, 3.63) is 18.5 Å². The summed E-state index contributed by atoms with van der Waals surface area (Å²) in [5.74, 6) is 0. The topological polar surface area (TPSA) is 58.3 Å². The van der Waals surface area contributed by atoms with Gasteiger partial charge in [0.2, 0.25) is 0 Å². The maximum atomic E-state index is 8.73. The molecule has 0 amide bonds. The fourth-order valence-corrected chi connectivity index (χ4v) is 1.15. The fraction of sp³-hybridized carbons (Fsp3) is 0.625. The molecule has 0 atom stereocenters. The molecule has 0 aromatic carbocycles. The Kier molecular flexibility index (Phi) is 3.76. The molecule has 1 radical (unpaired) electrons. The molecule has 0 aliphatic heterocycles. The zero-order valence-corrected chi connectivity index (χ0v) is 6.85. The van der Waals surface area contributed by atoms with E-state index in [1.54, 1.807) is 17.1 Å². The van der Waals surface area contributed by atoms with Crippen LogP contribution in [0.5, 0.6) is 0 Å². The Hall–Kier alpha value is -0.870. The molecule has 1 rings (SSSR count). The van der Waals surface area contributed by atoms with Gasteiger partial charge in [-0.3, -0.25) is 4.68 Å². The third kappa shape index (κ3) is 2.32. The van der Waals surface area contributed by atoms with E-state index in [0.29, 0.717) is 12.8 Å². The molecular weight excluding hydrogens is 156 g/mol. The monoisotopic (exact) mass is 169 g/mol. The summed E-state index contributed by atoms with van der Waals surface area (Å²) in [5.41, 5.74) is 0. The van der Waals surface area contributed by atoms with Crippen molar-refractivity contribution in [1.82, 2.24) is 9.78 Å². The van der Waals surface area contributed by atoms with Crippen molar-refractivity contribution in [1.29, 1.82) is 0 Å². The third-order valence-electron chi connectivity index (χ3n) is 1.77. The second-order valence-electron chi connectivity index (χ2n) is 2.60. The Morgan fingerprint density at radius 2 is 2.00 bits per heavy atom. The largest absolute Gasteiger partial charge is 0.396 e. The van der Waals surface area contributed by atoms with Crippen molar-refractivity contribution in [3.63, 3.8) is 0 Å². The van der Waals surface area contributed by atoms with Crippen LogP contribution in [-0.4, -0.2) is 33.2 Å². The lowest BCUT2D eigenvalue weighted by Gasteiger charge is -2.14. The standard InChI is InChI=1S/C8H13N2O2/c11-6-2-8(3-7-12)10-5-1-4-9-10/h4-5,8,11-12H,2-3,6-7H2. The van der Waals surface area contributed by atoms with Gasteiger partial charge in [0, 0.05) is 25.5 Å². The van der Waals surface area contributed by atoms with Crippen molar-refractivity contribution in [2.45, 2.75) is 18.9 Å². The van der Waals surface area contributed by atoms with Crippen LogP contribution in [0.25, 0.3) is 0 Å². The Balaban J connectivity index is 2.53. The van der Waals surface area contributed by atoms with E-state index in [9.17, 15) is 0 Å². The molecule has 1 heterocycles. The van der Waals surface area contributed by atoms with E-state index in [1.165, 1.54) is 0 Å². The van der Waals surface area contributed by atoms with Crippen LogP contribution in [0.4, 0.5) is 0 Å². The summed E-state index contributed by atoms with van der Waals surface area (Å²) in [4.78, 5) is 0. The van der Waals surface area contributed by atoms with Gasteiger partial charge in [0.1, 0.15) is 0 Å². The summed E-state index contributed by atoms with van der Waals surface area (Å²) >= 11 is 0. The van der Waals surface area contributed by atoms with Crippen LogP contribution < -0.4 is 0 Å². The molecule has 67 valence electrons. The van der Waals surface area contributed by atoms with Gasteiger partial charge in [-0.1, -0.05) is 0 Å². The molecule has 1 aromatic rings. The molecule has 0 saturated carbocycles. The zero-order valence-electron chi connectivity index (χ0n) is 6.85. The van der Waals surface area contributed by atoms with Crippen LogP contribution in [0.1, 0.15) is 18.9 Å². The maximum absolute atomic E-state index is 8.73. The van der Waals surface area contributed by atoms with Crippen molar-refractivity contribution in [3.8, 4) is 0 Å². The average molecular weight is 169 g/mol. The molecule has 1 aromatic heterocycles. The quantitative estimate of drug-likeness (QED) is 0.651. The highest BCUT2D eigenvalue weighted by Gasteiger charge is 2.08.